The molecule has 0 saturated carbocycles. The van der Waals surface area contributed by atoms with Crippen LogP contribution in [0.4, 0.5) is 0 Å². The molecule has 0 aromatic carbocycles. The Bertz CT molecular complexity index is 1380. The van der Waals surface area contributed by atoms with Crippen molar-refractivity contribution in [3.63, 3.8) is 0 Å². The molecule has 5 nitrogen and oxygen atoms in total. The van der Waals surface area contributed by atoms with Crippen molar-refractivity contribution in [2.24, 2.45) is 0 Å². The molecule has 0 heterocycles. The lowest BCUT2D eigenvalue weighted by atomic mass is 10.0. The molecule has 1 atom stereocenters. The minimum Gasteiger partial charge on any atom is -0.462 e. The third-order valence-electron chi connectivity index (χ3n) is 14.7. The normalized spacial score (nSPS) is 12.7. The third kappa shape index (κ3) is 63.6. The molecule has 0 aliphatic rings. The lowest BCUT2D eigenvalue weighted by Crippen LogP contribution is -2.28. The zero-order valence-electron chi connectivity index (χ0n) is 50.5. The highest BCUT2D eigenvalue weighted by molar-refractivity contribution is 5.70. The van der Waals surface area contributed by atoms with Gasteiger partial charge >= 0.3 is 11.9 Å². The highest BCUT2D eigenvalue weighted by atomic mass is 16.6. The van der Waals surface area contributed by atoms with Crippen molar-refractivity contribution in [3.8, 4) is 0 Å². The van der Waals surface area contributed by atoms with E-state index in [1.165, 1.54) is 231 Å². The number of hydrogen-bond acceptors (Lipinski definition) is 5. The van der Waals surface area contributed by atoms with Crippen molar-refractivity contribution < 1.29 is 24.2 Å². The molecule has 0 saturated heterocycles. The summed E-state index contributed by atoms with van der Waals surface area (Å²) >= 11 is 0. The van der Waals surface area contributed by atoms with E-state index in [1.54, 1.807) is 0 Å². The molecule has 0 fully saturated rings. The summed E-state index contributed by atoms with van der Waals surface area (Å²) in [6, 6.07) is 0. The third-order valence-corrected chi connectivity index (χ3v) is 14.7. The van der Waals surface area contributed by atoms with Crippen LogP contribution in [-0.4, -0.2) is 36.4 Å². The molecule has 1 unspecified atom stereocenters. The van der Waals surface area contributed by atoms with Gasteiger partial charge in [-0.05, 0) is 89.9 Å². The molecule has 0 rings (SSSR count). The highest BCUT2D eigenvalue weighted by Crippen LogP contribution is 2.18. The first-order valence-electron chi connectivity index (χ1n) is 33.1. The Balaban J connectivity index is 3.43. The van der Waals surface area contributed by atoms with Gasteiger partial charge in [-0.1, -0.05) is 317 Å². The van der Waals surface area contributed by atoms with Crippen LogP contribution >= 0.6 is 0 Å². The molecule has 0 spiro atoms. The molecular formula is C71H126O5. The van der Waals surface area contributed by atoms with E-state index >= 15 is 0 Å². The van der Waals surface area contributed by atoms with Crippen molar-refractivity contribution in [1.29, 1.82) is 0 Å². The summed E-state index contributed by atoms with van der Waals surface area (Å²) in [5.41, 5.74) is 0. The number of rotatable bonds is 61. The highest BCUT2D eigenvalue weighted by Gasteiger charge is 2.16. The maximum Gasteiger partial charge on any atom is 0.306 e. The number of allylic oxidation sites excluding steroid dienone is 14. The van der Waals surface area contributed by atoms with Gasteiger partial charge in [0.2, 0.25) is 0 Å². The summed E-state index contributed by atoms with van der Waals surface area (Å²) in [5.74, 6) is -0.579. The van der Waals surface area contributed by atoms with Crippen LogP contribution in [0, 0.1) is 0 Å². The second-order valence-corrected chi connectivity index (χ2v) is 22.2. The van der Waals surface area contributed by atoms with Gasteiger partial charge in [0, 0.05) is 12.8 Å². The monoisotopic (exact) mass is 1060 g/mol. The van der Waals surface area contributed by atoms with Crippen LogP contribution in [0.15, 0.2) is 85.1 Å². The topological polar surface area (TPSA) is 72.8 Å². The van der Waals surface area contributed by atoms with Gasteiger partial charge < -0.3 is 14.6 Å². The second-order valence-electron chi connectivity index (χ2n) is 22.2. The summed E-state index contributed by atoms with van der Waals surface area (Å²) in [6.07, 6.45) is 93.1. The van der Waals surface area contributed by atoms with Crippen molar-refractivity contribution >= 4 is 11.9 Å². The Hall–Kier alpha value is -2.92. The van der Waals surface area contributed by atoms with E-state index < -0.39 is 6.10 Å². The first-order chi connectivity index (χ1) is 37.6. The maximum absolute atomic E-state index is 12.4. The van der Waals surface area contributed by atoms with Crippen LogP contribution in [0.2, 0.25) is 0 Å². The average molecular weight is 1060 g/mol. The predicted octanol–water partition coefficient (Wildman–Crippen LogP) is 22.9. The largest absolute Gasteiger partial charge is 0.462 e. The SMILES string of the molecule is CC/C=C\C/C=C\C/C=C\C/C=C\CCCCCCCCCCCCCCCCCCCCCCCCC(=O)OC(CO)COC(=O)CCCCCCCCCCCCCC/C=C\C/C=C\C/C=C\CCCCCCC. The first kappa shape index (κ1) is 73.1. The Morgan fingerprint density at radius 1 is 0.316 bits per heavy atom. The van der Waals surface area contributed by atoms with E-state index in [4.69, 9.17) is 9.47 Å². The van der Waals surface area contributed by atoms with Crippen LogP contribution < -0.4 is 0 Å². The molecule has 1 N–H and O–H groups in total. The number of unbranched alkanes of at least 4 members (excludes halogenated alkanes) is 39. The number of aliphatic hydroxyl groups is 1. The van der Waals surface area contributed by atoms with Crippen LogP contribution in [0.25, 0.3) is 0 Å². The predicted molar refractivity (Wildman–Crippen MR) is 334 cm³/mol. The zero-order valence-corrected chi connectivity index (χ0v) is 50.5. The van der Waals surface area contributed by atoms with Gasteiger partial charge in [0.25, 0.3) is 0 Å². The summed E-state index contributed by atoms with van der Waals surface area (Å²) in [6.45, 7) is 4.05. The molecule has 0 radical (unpaired) electrons. The molecule has 0 bridgehead atoms. The smallest absolute Gasteiger partial charge is 0.306 e. The maximum atomic E-state index is 12.4. The number of aliphatic hydroxyl groups excluding tert-OH is 1. The average Bonchev–Trinajstić information content (AvgIpc) is 3.42. The van der Waals surface area contributed by atoms with Crippen LogP contribution in [-0.2, 0) is 19.1 Å². The minimum absolute atomic E-state index is 0.0656. The molecule has 0 aliphatic carbocycles. The number of carbonyl (C=O) groups excluding carboxylic acids is 2. The van der Waals surface area contributed by atoms with Crippen LogP contribution in [0.1, 0.15) is 335 Å². The molecular weight excluding hydrogens is 933 g/mol. The van der Waals surface area contributed by atoms with Gasteiger partial charge in [-0.15, -0.1) is 0 Å². The van der Waals surface area contributed by atoms with Gasteiger partial charge in [-0.25, -0.2) is 0 Å². The summed E-state index contributed by atoms with van der Waals surface area (Å²) in [5, 5.41) is 9.69. The van der Waals surface area contributed by atoms with E-state index in [2.05, 4.69) is 98.9 Å². The fourth-order valence-electron chi connectivity index (χ4n) is 9.73. The second kappa shape index (κ2) is 66.4. The Morgan fingerprint density at radius 3 is 0.855 bits per heavy atom. The fraction of sp³-hybridized carbons (Fsp3) is 0.775. The number of hydrogen-bond donors (Lipinski definition) is 1. The molecule has 0 aliphatic heterocycles. The van der Waals surface area contributed by atoms with E-state index in [1.807, 2.05) is 0 Å². The minimum atomic E-state index is -0.775. The number of ether oxygens (including phenoxy) is 2. The van der Waals surface area contributed by atoms with Gasteiger partial charge in [-0.3, -0.25) is 9.59 Å². The molecule has 5 heteroatoms. The fourth-order valence-corrected chi connectivity index (χ4v) is 9.73. The summed E-state index contributed by atoms with van der Waals surface area (Å²) in [4.78, 5) is 24.6. The van der Waals surface area contributed by atoms with E-state index in [9.17, 15) is 14.7 Å². The summed E-state index contributed by atoms with van der Waals surface area (Å²) in [7, 11) is 0. The van der Waals surface area contributed by atoms with Gasteiger partial charge in [-0.2, -0.15) is 0 Å². The van der Waals surface area contributed by atoms with Crippen molar-refractivity contribution in [1.82, 2.24) is 0 Å². The Labute approximate surface area is 473 Å². The standard InChI is InChI=1S/C71H126O5/c1-3-5-7-9-11-13-15-17-19-21-23-25-27-29-31-32-33-34-35-36-37-38-40-42-44-46-48-50-52-54-56-58-60-62-64-66-71(74)76-69(67-72)68-75-70(73)65-63-61-59-57-55-53-51-49-47-45-43-41-39-30-28-26-24-22-20-18-16-14-12-10-8-6-4-2/h5,7,11,13,16-19,22-25,28,30,69,72H,3-4,6,8-10,12,14-15,20-21,26-27,29,31-68H2,1-2H3/b7-5-,13-11-,18-16-,19-17-,24-22-,25-23-,30-28-. The Kier molecular flexibility index (Phi) is 63.8. The van der Waals surface area contributed by atoms with Crippen molar-refractivity contribution in [2.45, 2.75) is 341 Å². The number of esters is 2. The van der Waals surface area contributed by atoms with E-state index in [0.29, 0.717) is 12.8 Å². The van der Waals surface area contributed by atoms with Gasteiger partial charge in [0.15, 0.2) is 6.10 Å². The lowest BCUT2D eigenvalue weighted by Gasteiger charge is -2.15. The van der Waals surface area contributed by atoms with Gasteiger partial charge in [0.1, 0.15) is 6.61 Å². The number of carbonyl (C=O) groups is 2. The molecule has 0 aromatic heterocycles. The van der Waals surface area contributed by atoms with Crippen LogP contribution in [0.5, 0.6) is 0 Å². The summed E-state index contributed by atoms with van der Waals surface area (Å²) < 4.78 is 10.8. The van der Waals surface area contributed by atoms with Crippen molar-refractivity contribution in [2.75, 3.05) is 13.2 Å². The lowest BCUT2D eigenvalue weighted by molar-refractivity contribution is -0.161. The van der Waals surface area contributed by atoms with Crippen molar-refractivity contribution in [3.05, 3.63) is 85.1 Å². The van der Waals surface area contributed by atoms with Crippen LogP contribution in [0.3, 0.4) is 0 Å². The first-order valence-corrected chi connectivity index (χ1v) is 33.1. The Morgan fingerprint density at radius 2 is 0.566 bits per heavy atom. The molecule has 76 heavy (non-hydrogen) atoms. The molecule has 0 amide bonds. The molecule has 0 aromatic rings. The van der Waals surface area contributed by atoms with E-state index in [0.717, 1.165) is 77.0 Å². The quantitative estimate of drug-likeness (QED) is 0.0373. The van der Waals surface area contributed by atoms with E-state index in [-0.39, 0.29) is 25.2 Å². The van der Waals surface area contributed by atoms with Gasteiger partial charge in [0.05, 0.1) is 6.61 Å². The zero-order chi connectivity index (χ0) is 54.8. The molecule has 440 valence electrons.